The molecular weight excluding hydrogens is 478 g/mol. The van der Waals surface area contributed by atoms with Gasteiger partial charge in [-0.1, -0.05) is 12.1 Å². The average Bonchev–Trinajstić information content (AvgIpc) is 2.78. The van der Waals surface area contributed by atoms with Gasteiger partial charge in [0.1, 0.15) is 11.4 Å². The first-order valence-corrected chi connectivity index (χ1v) is 14.8. The van der Waals surface area contributed by atoms with Crippen LogP contribution in [0.15, 0.2) is 18.2 Å². The van der Waals surface area contributed by atoms with Crippen LogP contribution >= 0.6 is 0 Å². The van der Waals surface area contributed by atoms with E-state index in [-0.39, 0.29) is 11.5 Å². The molecule has 1 saturated heterocycles. The maximum atomic E-state index is 12.8. The van der Waals surface area contributed by atoms with E-state index in [1.54, 1.807) is 0 Å². The first-order chi connectivity index (χ1) is 17.7. The second-order valence-electron chi connectivity index (χ2n) is 14.6. The summed E-state index contributed by atoms with van der Waals surface area (Å²) in [7, 11) is 0. The van der Waals surface area contributed by atoms with E-state index in [1.807, 2.05) is 34.6 Å². The fourth-order valence-corrected chi connectivity index (χ4v) is 7.83. The van der Waals surface area contributed by atoms with Crippen molar-refractivity contribution in [2.24, 2.45) is 17.8 Å². The van der Waals surface area contributed by atoms with E-state index in [2.05, 4.69) is 37.4 Å². The maximum absolute atomic E-state index is 12.8. The fraction of sp³-hybridized carbons (Fsp3) is 0.781. The summed E-state index contributed by atoms with van der Waals surface area (Å²) in [6, 6.07) is 6.84. The van der Waals surface area contributed by atoms with Crippen LogP contribution in [0.1, 0.15) is 105 Å². The minimum absolute atomic E-state index is 0.148. The number of ether oxygens (including phenoxy) is 4. The minimum Gasteiger partial charge on any atom is -0.491 e. The molecule has 38 heavy (non-hydrogen) atoms. The van der Waals surface area contributed by atoms with Crippen LogP contribution in [0.4, 0.5) is 4.79 Å². The second-order valence-corrected chi connectivity index (χ2v) is 14.6. The Morgan fingerprint density at radius 2 is 1.61 bits per heavy atom. The Labute approximate surface area is 229 Å². The van der Waals surface area contributed by atoms with Crippen LogP contribution in [-0.2, 0) is 26.0 Å². The SMILES string of the molecule is CC(C)Oc1ccc(CCC2(NC(=O)OC(C)(C)C)COC(C)(C)OC2)cc1C12CC3CC(CC(C3)C1)C2. The first kappa shape index (κ1) is 27.8. The molecule has 0 radical (unpaired) electrons. The highest BCUT2D eigenvalue weighted by Crippen LogP contribution is 2.62. The van der Waals surface area contributed by atoms with Crippen LogP contribution in [0, 0.1) is 17.8 Å². The zero-order valence-electron chi connectivity index (χ0n) is 24.7. The fourth-order valence-electron chi connectivity index (χ4n) is 7.83. The van der Waals surface area contributed by atoms with Gasteiger partial charge in [-0.15, -0.1) is 0 Å². The third-order valence-corrected chi connectivity index (χ3v) is 9.07. The van der Waals surface area contributed by atoms with Crippen LogP contribution < -0.4 is 10.1 Å². The molecule has 212 valence electrons. The molecular formula is C32H49NO5. The zero-order valence-corrected chi connectivity index (χ0v) is 24.7. The van der Waals surface area contributed by atoms with Crippen molar-refractivity contribution < 1.29 is 23.7 Å². The number of amides is 1. The van der Waals surface area contributed by atoms with Gasteiger partial charge in [-0.2, -0.15) is 0 Å². The van der Waals surface area contributed by atoms with Gasteiger partial charge in [-0.05, 0) is 135 Å². The van der Waals surface area contributed by atoms with Gasteiger partial charge in [0, 0.05) is 5.56 Å². The van der Waals surface area contributed by atoms with E-state index in [4.69, 9.17) is 18.9 Å². The number of alkyl carbamates (subject to hydrolysis) is 1. The molecule has 0 atom stereocenters. The highest BCUT2D eigenvalue weighted by atomic mass is 16.7. The van der Waals surface area contributed by atoms with E-state index >= 15 is 0 Å². The number of hydrogen-bond donors (Lipinski definition) is 1. The van der Waals surface area contributed by atoms with Crippen molar-refractivity contribution in [3.8, 4) is 5.75 Å². The molecule has 1 N–H and O–H groups in total. The summed E-state index contributed by atoms with van der Waals surface area (Å²) in [4.78, 5) is 12.8. The van der Waals surface area contributed by atoms with Crippen molar-refractivity contribution in [1.29, 1.82) is 0 Å². The normalized spacial score (nSPS) is 31.3. The summed E-state index contributed by atoms with van der Waals surface area (Å²) in [5.41, 5.74) is 1.74. The number of hydrogen-bond acceptors (Lipinski definition) is 5. The van der Waals surface area contributed by atoms with Crippen molar-refractivity contribution in [1.82, 2.24) is 5.32 Å². The van der Waals surface area contributed by atoms with Gasteiger partial charge in [-0.3, -0.25) is 0 Å². The molecule has 1 aromatic carbocycles. The van der Waals surface area contributed by atoms with Crippen molar-refractivity contribution in [3.63, 3.8) is 0 Å². The highest BCUT2D eigenvalue weighted by Gasteiger charge is 2.52. The quantitative estimate of drug-likeness (QED) is 0.417. The van der Waals surface area contributed by atoms with Crippen molar-refractivity contribution in [2.75, 3.05) is 13.2 Å². The number of benzene rings is 1. The molecule has 6 rings (SSSR count). The number of nitrogens with one attached hydrogen (secondary N) is 1. The van der Waals surface area contributed by atoms with Gasteiger partial charge in [-0.25, -0.2) is 4.79 Å². The average molecular weight is 528 g/mol. The lowest BCUT2D eigenvalue weighted by atomic mass is 9.48. The predicted octanol–water partition coefficient (Wildman–Crippen LogP) is 6.92. The Bertz CT molecular complexity index is 978. The van der Waals surface area contributed by atoms with Gasteiger partial charge < -0.3 is 24.3 Å². The molecule has 4 saturated carbocycles. The Hall–Kier alpha value is -1.79. The molecule has 0 spiro atoms. The van der Waals surface area contributed by atoms with Gasteiger partial charge in [0.15, 0.2) is 5.79 Å². The summed E-state index contributed by atoms with van der Waals surface area (Å²) >= 11 is 0. The van der Waals surface area contributed by atoms with Crippen molar-refractivity contribution in [2.45, 2.75) is 128 Å². The van der Waals surface area contributed by atoms with Crippen LogP contribution in [-0.4, -0.2) is 42.3 Å². The molecule has 1 aliphatic heterocycles. The molecule has 4 bridgehead atoms. The lowest BCUT2D eigenvalue weighted by molar-refractivity contribution is -0.271. The van der Waals surface area contributed by atoms with E-state index in [0.717, 1.165) is 29.9 Å². The lowest BCUT2D eigenvalue weighted by Crippen LogP contribution is -2.61. The van der Waals surface area contributed by atoms with E-state index in [1.165, 1.54) is 49.7 Å². The number of carbonyl (C=O) groups is 1. The second kappa shape index (κ2) is 9.99. The van der Waals surface area contributed by atoms with Crippen molar-refractivity contribution in [3.05, 3.63) is 29.3 Å². The van der Waals surface area contributed by atoms with Crippen LogP contribution in [0.5, 0.6) is 5.75 Å². The third kappa shape index (κ3) is 6.17. The summed E-state index contributed by atoms with van der Waals surface area (Å²) in [6.45, 7) is 14.5. The summed E-state index contributed by atoms with van der Waals surface area (Å²) in [5, 5.41) is 3.12. The van der Waals surface area contributed by atoms with Crippen LogP contribution in [0.25, 0.3) is 0 Å². The van der Waals surface area contributed by atoms with Gasteiger partial charge in [0.2, 0.25) is 0 Å². The topological polar surface area (TPSA) is 66.0 Å². The Morgan fingerprint density at radius 3 is 2.13 bits per heavy atom. The first-order valence-electron chi connectivity index (χ1n) is 14.8. The summed E-state index contributed by atoms with van der Waals surface area (Å²) in [5.74, 6) is 3.02. The third-order valence-electron chi connectivity index (χ3n) is 9.07. The summed E-state index contributed by atoms with van der Waals surface area (Å²) < 4.78 is 24.1. The molecule has 5 aliphatic rings. The standard InChI is InChI=1S/C32H49NO5/c1-21(2)37-27-9-8-22(15-26(27)31-16-23-12-24(17-31)14-25(13-23)18-31)10-11-32(19-35-30(6,7)36-20-32)33-28(34)38-29(3,4)5/h8-9,15,21,23-25H,10-14,16-20H2,1-7H3,(H,33,34). The molecule has 6 heteroatoms. The molecule has 6 nitrogen and oxygen atoms in total. The molecule has 0 unspecified atom stereocenters. The lowest BCUT2D eigenvalue weighted by Gasteiger charge is -2.57. The number of rotatable bonds is 7. The highest BCUT2D eigenvalue weighted by molar-refractivity contribution is 5.69. The monoisotopic (exact) mass is 527 g/mol. The van der Waals surface area contributed by atoms with E-state index < -0.39 is 23.0 Å². The van der Waals surface area contributed by atoms with E-state index in [9.17, 15) is 4.79 Å². The van der Waals surface area contributed by atoms with Crippen molar-refractivity contribution >= 4 is 6.09 Å². The number of carbonyl (C=O) groups excluding carboxylic acids is 1. The maximum Gasteiger partial charge on any atom is 0.408 e. The molecule has 1 heterocycles. The Kier molecular flexibility index (Phi) is 7.30. The van der Waals surface area contributed by atoms with Gasteiger partial charge in [0.05, 0.1) is 24.9 Å². The number of aryl methyl sites for hydroxylation is 1. The largest absolute Gasteiger partial charge is 0.491 e. The van der Waals surface area contributed by atoms with Crippen LogP contribution in [0.2, 0.25) is 0 Å². The van der Waals surface area contributed by atoms with Crippen LogP contribution in [0.3, 0.4) is 0 Å². The molecule has 4 aliphatic carbocycles. The zero-order chi connectivity index (χ0) is 27.3. The summed E-state index contributed by atoms with van der Waals surface area (Å²) in [6.07, 6.45) is 9.41. The Balaban J connectivity index is 1.38. The van der Waals surface area contributed by atoms with Gasteiger partial charge >= 0.3 is 6.09 Å². The van der Waals surface area contributed by atoms with Gasteiger partial charge in [0.25, 0.3) is 0 Å². The predicted molar refractivity (Wildman–Crippen MR) is 148 cm³/mol. The molecule has 0 aromatic heterocycles. The minimum atomic E-state index is -0.666. The molecule has 1 amide bonds. The Morgan fingerprint density at radius 1 is 1.03 bits per heavy atom. The molecule has 5 fully saturated rings. The molecule has 1 aromatic rings. The van der Waals surface area contributed by atoms with E-state index in [0.29, 0.717) is 19.6 Å². The smallest absolute Gasteiger partial charge is 0.408 e.